The van der Waals surface area contributed by atoms with Crippen LogP contribution in [0.1, 0.15) is 131 Å². The number of esters is 3. The summed E-state index contributed by atoms with van der Waals surface area (Å²) in [7, 11) is 0. The first-order chi connectivity index (χ1) is 18.8. The van der Waals surface area contributed by atoms with Crippen LogP contribution in [0.2, 0.25) is 0 Å². The van der Waals surface area contributed by atoms with Crippen molar-refractivity contribution >= 4 is 23.9 Å². The molecule has 0 aliphatic heterocycles. The number of fused-ring (bicyclic) bond motifs is 2. The van der Waals surface area contributed by atoms with E-state index in [1.54, 1.807) is 13.8 Å². The molecule has 228 valence electrons. The smallest absolute Gasteiger partial charge is 0.341 e. The van der Waals surface area contributed by atoms with Gasteiger partial charge in [0.15, 0.2) is 6.61 Å². The zero-order valence-electron chi connectivity index (χ0n) is 25.4. The Morgan fingerprint density at radius 1 is 0.925 bits per heavy atom. The molecule has 0 spiro atoms. The van der Waals surface area contributed by atoms with Crippen molar-refractivity contribution in [3.63, 3.8) is 0 Å². The van der Waals surface area contributed by atoms with Crippen LogP contribution >= 0.6 is 0 Å². The van der Waals surface area contributed by atoms with Crippen LogP contribution in [0.5, 0.6) is 0 Å². The topological polar surface area (TPSA) is 116 Å². The second-order valence-electron chi connectivity index (χ2n) is 13.6. The molecule has 0 amide bonds. The molecule has 3 rings (SSSR count). The Kier molecular flexibility index (Phi) is 11.1. The summed E-state index contributed by atoms with van der Waals surface area (Å²) in [6.07, 6.45) is 12.9. The van der Waals surface area contributed by atoms with E-state index in [0.29, 0.717) is 18.3 Å². The number of ether oxygens (including phenoxy) is 3. The Hall–Kier alpha value is -2.12. The molecule has 0 aromatic heterocycles. The molecule has 40 heavy (non-hydrogen) atoms. The minimum Gasteiger partial charge on any atom is -0.479 e. The quantitative estimate of drug-likeness (QED) is 0.196. The molecule has 6 atom stereocenters. The van der Waals surface area contributed by atoms with Crippen LogP contribution in [0, 0.1) is 28.6 Å². The van der Waals surface area contributed by atoms with Gasteiger partial charge in [-0.15, -0.1) is 0 Å². The Balaban J connectivity index is 1.81. The normalized spacial score (nSPS) is 27.8. The van der Waals surface area contributed by atoms with Crippen molar-refractivity contribution in [1.82, 2.24) is 0 Å². The maximum absolute atomic E-state index is 13.9. The van der Waals surface area contributed by atoms with E-state index in [1.807, 2.05) is 13.8 Å². The monoisotopic (exact) mass is 564 g/mol. The number of hydrogen-bond acceptors (Lipinski definition) is 7. The summed E-state index contributed by atoms with van der Waals surface area (Å²) in [5, 5.41) is 8.93. The van der Waals surface area contributed by atoms with Crippen LogP contribution in [0.25, 0.3) is 0 Å². The Morgan fingerprint density at radius 3 is 2.10 bits per heavy atom. The molecule has 0 heterocycles. The zero-order chi connectivity index (χ0) is 29.6. The largest absolute Gasteiger partial charge is 0.479 e. The Labute approximate surface area is 240 Å². The van der Waals surface area contributed by atoms with Gasteiger partial charge < -0.3 is 19.3 Å². The lowest BCUT2D eigenvalue weighted by atomic mass is 9.68. The van der Waals surface area contributed by atoms with E-state index in [1.165, 1.54) is 12.8 Å². The second-order valence-corrected chi connectivity index (χ2v) is 13.6. The van der Waals surface area contributed by atoms with Gasteiger partial charge in [-0.2, -0.15) is 0 Å². The van der Waals surface area contributed by atoms with Gasteiger partial charge in [-0.3, -0.25) is 14.4 Å². The van der Waals surface area contributed by atoms with Crippen molar-refractivity contribution in [2.24, 2.45) is 28.6 Å². The first kappa shape index (κ1) is 32.4. The highest BCUT2D eigenvalue weighted by Gasteiger charge is 2.50. The van der Waals surface area contributed by atoms with Gasteiger partial charge in [-0.25, -0.2) is 4.79 Å². The molecular weight excluding hydrogens is 512 g/mol. The molecule has 6 unspecified atom stereocenters. The van der Waals surface area contributed by atoms with Crippen LogP contribution in [-0.4, -0.2) is 47.3 Å². The van der Waals surface area contributed by atoms with E-state index in [-0.39, 0.29) is 24.9 Å². The minimum absolute atomic E-state index is 0.0902. The Bertz CT molecular complexity index is 907. The molecule has 8 nitrogen and oxygen atoms in total. The average molecular weight is 565 g/mol. The molecule has 2 bridgehead atoms. The van der Waals surface area contributed by atoms with E-state index < -0.39 is 46.9 Å². The van der Waals surface area contributed by atoms with Gasteiger partial charge in [0, 0.05) is 0 Å². The van der Waals surface area contributed by atoms with Gasteiger partial charge in [0.25, 0.3) is 0 Å². The highest BCUT2D eigenvalue weighted by atomic mass is 16.6. The van der Waals surface area contributed by atoms with Gasteiger partial charge in [-0.05, 0) is 103 Å². The first-order valence-corrected chi connectivity index (χ1v) is 15.7. The molecule has 3 fully saturated rings. The van der Waals surface area contributed by atoms with Crippen molar-refractivity contribution in [3.05, 3.63) is 0 Å². The third-order valence-corrected chi connectivity index (χ3v) is 10.2. The van der Waals surface area contributed by atoms with E-state index in [4.69, 9.17) is 19.3 Å². The Morgan fingerprint density at radius 2 is 1.57 bits per heavy atom. The van der Waals surface area contributed by atoms with E-state index >= 15 is 0 Å². The zero-order valence-corrected chi connectivity index (χ0v) is 25.4. The molecule has 0 radical (unpaired) electrons. The van der Waals surface area contributed by atoms with Crippen molar-refractivity contribution in [1.29, 1.82) is 0 Å². The van der Waals surface area contributed by atoms with Crippen molar-refractivity contribution < 1.29 is 38.5 Å². The number of carbonyl (C=O) groups is 4. The fourth-order valence-corrected chi connectivity index (χ4v) is 7.47. The summed E-state index contributed by atoms with van der Waals surface area (Å²) in [5.41, 5.74) is -2.60. The number of carbonyl (C=O) groups excluding carboxylic acids is 3. The minimum atomic E-state index is -1.24. The van der Waals surface area contributed by atoms with Crippen molar-refractivity contribution in [3.8, 4) is 0 Å². The number of carboxylic acid groups (broad SMARTS) is 1. The summed E-state index contributed by atoms with van der Waals surface area (Å²) in [6.45, 7) is 8.56. The fraction of sp³-hybridized carbons (Fsp3) is 0.875. The molecule has 3 aliphatic rings. The highest BCUT2D eigenvalue weighted by Crippen LogP contribution is 2.49. The van der Waals surface area contributed by atoms with E-state index in [2.05, 4.69) is 6.92 Å². The third-order valence-electron chi connectivity index (χ3n) is 10.2. The van der Waals surface area contributed by atoms with Crippen molar-refractivity contribution in [2.45, 2.75) is 143 Å². The van der Waals surface area contributed by atoms with Gasteiger partial charge in [0.05, 0.1) is 16.7 Å². The van der Waals surface area contributed by atoms with Gasteiger partial charge in [0.2, 0.25) is 0 Å². The number of hydrogen-bond donors (Lipinski definition) is 1. The second kappa shape index (κ2) is 13.7. The molecular formula is C32H52O8. The van der Waals surface area contributed by atoms with Crippen LogP contribution in [0.15, 0.2) is 0 Å². The molecule has 8 heteroatoms. The molecule has 0 aromatic carbocycles. The predicted molar refractivity (Wildman–Crippen MR) is 150 cm³/mol. The summed E-state index contributed by atoms with van der Waals surface area (Å²) < 4.78 is 17.5. The highest BCUT2D eigenvalue weighted by molar-refractivity contribution is 5.82. The van der Waals surface area contributed by atoms with E-state index in [0.717, 1.165) is 64.2 Å². The predicted octanol–water partition coefficient (Wildman–Crippen LogP) is 6.62. The molecule has 0 aromatic rings. The molecule has 3 saturated carbocycles. The number of carboxylic acids is 1. The molecule has 3 aliphatic carbocycles. The lowest BCUT2D eigenvalue weighted by Gasteiger charge is -2.41. The third kappa shape index (κ3) is 8.00. The van der Waals surface area contributed by atoms with Crippen LogP contribution in [0.4, 0.5) is 0 Å². The van der Waals surface area contributed by atoms with E-state index in [9.17, 15) is 19.2 Å². The summed E-state index contributed by atoms with van der Waals surface area (Å²) in [5.74, 6) is -2.38. The molecule has 0 saturated heterocycles. The SMILES string of the molecule is CCC1(OC(=O)C(C)(CC)CC(C)(CC(C)C(=O)OCC(=O)O)C(=O)OC2CC3CCC2C3)CCCCCCC1. The summed E-state index contributed by atoms with van der Waals surface area (Å²) >= 11 is 0. The van der Waals surface area contributed by atoms with Crippen LogP contribution in [0.3, 0.4) is 0 Å². The van der Waals surface area contributed by atoms with Gasteiger partial charge in [0.1, 0.15) is 11.7 Å². The average Bonchev–Trinajstić information content (AvgIpc) is 3.52. The van der Waals surface area contributed by atoms with Crippen molar-refractivity contribution in [2.75, 3.05) is 6.61 Å². The standard InChI is InChI=1S/C32H52O8/c1-6-30(4,29(37)40-32(7-2)15-11-9-8-10-12-16-32)21-31(5,19-22(3)27(35)38-20-26(33)34)28(36)39-25-18-23-13-14-24(25)17-23/h22-25H,6-21H2,1-5H3,(H,33,34). The lowest BCUT2D eigenvalue weighted by molar-refractivity contribution is -0.181. The summed E-state index contributed by atoms with van der Waals surface area (Å²) in [6, 6.07) is 0. The fourth-order valence-electron chi connectivity index (χ4n) is 7.47. The number of rotatable bonds is 13. The summed E-state index contributed by atoms with van der Waals surface area (Å²) in [4.78, 5) is 51.4. The molecule has 1 N–H and O–H groups in total. The van der Waals surface area contributed by atoms with Crippen LogP contribution < -0.4 is 0 Å². The maximum atomic E-state index is 13.9. The first-order valence-electron chi connectivity index (χ1n) is 15.7. The lowest BCUT2D eigenvalue weighted by Crippen LogP contribution is -2.46. The maximum Gasteiger partial charge on any atom is 0.341 e. The number of aliphatic carboxylic acids is 1. The van der Waals surface area contributed by atoms with Gasteiger partial charge in [-0.1, -0.05) is 40.0 Å². The van der Waals surface area contributed by atoms with Gasteiger partial charge >= 0.3 is 23.9 Å². The van der Waals surface area contributed by atoms with Crippen LogP contribution in [-0.2, 0) is 33.4 Å².